The Bertz CT molecular complexity index is 413. The Morgan fingerprint density at radius 3 is 2.89 bits per heavy atom. The molecule has 1 fully saturated rings. The molecular formula is C13H22N4O2. The third kappa shape index (κ3) is 3.76. The average Bonchev–Trinajstić information content (AvgIpc) is 2.89. The lowest BCUT2D eigenvalue weighted by molar-refractivity contribution is -0.121. The van der Waals surface area contributed by atoms with E-state index in [0.29, 0.717) is 24.8 Å². The molecule has 1 aromatic heterocycles. The number of nitrogens with one attached hydrogen (secondary N) is 1. The van der Waals surface area contributed by atoms with Crippen molar-refractivity contribution in [1.82, 2.24) is 15.5 Å². The Morgan fingerprint density at radius 2 is 2.21 bits per heavy atom. The van der Waals surface area contributed by atoms with Gasteiger partial charge in [-0.25, -0.2) is 0 Å². The quantitative estimate of drug-likeness (QED) is 0.845. The van der Waals surface area contributed by atoms with Crippen LogP contribution in [-0.2, 0) is 4.79 Å². The van der Waals surface area contributed by atoms with E-state index < -0.39 is 0 Å². The zero-order chi connectivity index (χ0) is 13.7. The lowest BCUT2D eigenvalue weighted by Gasteiger charge is -2.17. The van der Waals surface area contributed by atoms with Gasteiger partial charge in [-0.1, -0.05) is 24.4 Å². The van der Waals surface area contributed by atoms with Gasteiger partial charge in [0.25, 0.3) is 0 Å². The second-order valence-corrected chi connectivity index (χ2v) is 5.15. The topological polar surface area (TPSA) is 94.0 Å². The maximum atomic E-state index is 11.5. The maximum absolute atomic E-state index is 11.5. The largest absolute Gasteiger partial charge is 0.345 e. The van der Waals surface area contributed by atoms with E-state index in [4.69, 9.17) is 10.3 Å². The van der Waals surface area contributed by atoms with Crippen molar-refractivity contribution in [2.45, 2.75) is 57.4 Å². The minimum absolute atomic E-state index is 0.0904. The molecule has 1 unspecified atom stereocenters. The van der Waals surface area contributed by atoms with Gasteiger partial charge in [0.1, 0.15) is 6.04 Å². The second kappa shape index (κ2) is 6.65. The van der Waals surface area contributed by atoms with Crippen LogP contribution in [0.15, 0.2) is 4.52 Å². The molecule has 1 saturated carbocycles. The predicted molar refractivity (Wildman–Crippen MR) is 70.4 cm³/mol. The van der Waals surface area contributed by atoms with E-state index in [0.717, 1.165) is 18.7 Å². The van der Waals surface area contributed by atoms with Crippen molar-refractivity contribution in [2.24, 2.45) is 5.73 Å². The number of rotatable bonds is 5. The highest BCUT2D eigenvalue weighted by molar-refractivity contribution is 5.76. The van der Waals surface area contributed by atoms with E-state index in [1.54, 1.807) is 0 Å². The van der Waals surface area contributed by atoms with Gasteiger partial charge in [-0.15, -0.1) is 0 Å². The summed E-state index contributed by atoms with van der Waals surface area (Å²) in [6.45, 7) is 2.18. The summed E-state index contributed by atoms with van der Waals surface area (Å²) in [4.78, 5) is 15.9. The number of nitrogens with zero attached hydrogens (tertiary/aromatic N) is 2. The number of carbonyl (C=O) groups is 1. The summed E-state index contributed by atoms with van der Waals surface area (Å²) in [5.74, 6) is 1.59. The summed E-state index contributed by atoms with van der Waals surface area (Å²) in [5.41, 5.74) is 5.33. The van der Waals surface area contributed by atoms with Crippen LogP contribution in [0.25, 0.3) is 0 Å². The van der Waals surface area contributed by atoms with Crippen LogP contribution in [0, 0.1) is 0 Å². The summed E-state index contributed by atoms with van der Waals surface area (Å²) in [6, 6.07) is -0.260. The van der Waals surface area contributed by atoms with Gasteiger partial charge in [0.15, 0.2) is 5.82 Å². The fourth-order valence-corrected chi connectivity index (χ4v) is 2.46. The van der Waals surface area contributed by atoms with E-state index in [1.807, 2.05) is 6.92 Å². The zero-order valence-electron chi connectivity index (χ0n) is 11.4. The molecule has 1 aliphatic rings. The first kappa shape index (κ1) is 14.0. The standard InChI is InChI=1S/C13H22N4O2/c1-9(15-11(18)7-8-14)13-16-12(17-19-13)10-5-3-2-4-6-10/h9-10H,2-8,14H2,1H3,(H,15,18). The highest BCUT2D eigenvalue weighted by atomic mass is 16.5. The number of amides is 1. The molecule has 0 bridgehead atoms. The molecule has 0 spiro atoms. The maximum Gasteiger partial charge on any atom is 0.248 e. The van der Waals surface area contributed by atoms with Crippen molar-refractivity contribution in [2.75, 3.05) is 6.54 Å². The van der Waals surface area contributed by atoms with Crippen molar-refractivity contribution >= 4 is 5.91 Å². The molecule has 6 heteroatoms. The van der Waals surface area contributed by atoms with Crippen LogP contribution in [-0.4, -0.2) is 22.6 Å². The molecule has 0 radical (unpaired) electrons. The van der Waals surface area contributed by atoms with Crippen molar-refractivity contribution < 1.29 is 9.32 Å². The second-order valence-electron chi connectivity index (χ2n) is 5.15. The minimum Gasteiger partial charge on any atom is -0.345 e. The molecule has 0 aliphatic heterocycles. The zero-order valence-corrected chi connectivity index (χ0v) is 11.4. The summed E-state index contributed by atoms with van der Waals surface area (Å²) in [6.07, 6.45) is 6.34. The summed E-state index contributed by atoms with van der Waals surface area (Å²) in [5, 5.41) is 6.85. The average molecular weight is 266 g/mol. The third-order valence-corrected chi connectivity index (χ3v) is 3.55. The molecule has 6 nitrogen and oxygen atoms in total. The van der Waals surface area contributed by atoms with Crippen molar-refractivity contribution in [1.29, 1.82) is 0 Å². The first-order valence-electron chi connectivity index (χ1n) is 7.03. The van der Waals surface area contributed by atoms with Crippen LogP contribution in [0.1, 0.15) is 69.1 Å². The monoisotopic (exact) mass is 266 g/mol. The van der Waals surface area contributed by atoms with Crippen LogP contribution in [0.3, 0.4) is 0 Å². The molecule has 106 valence electrons. The lowest BCUT2D eigenvalue weighted by atomic mass is 9.89. The van der Waals surface area contributed by atoms with E-state index in [2.05, 4.69) is 15.5 Å². The lowest BCUT2D eigenvalue weighted by Crippen LogP contribution is -2.28. The van der Waals surface area contributed by atoms with Gasteiger partial charge in [0.05, 0.1) is 0 Å². The Balaban J connectivity index is 1.93. The van der Waals surface area contributed by atoms with Gasteiger partial charge in [0.2, 0.25) is 11.8 Å². The summed E-state index contributed by atoms with van der Waals surface area (Å²) in [7, 11) is 0. The molecule has 19 heavy (non-hydrogen) atoms. The molecule has 3 N–H and O–H groups in total. The SMILES string of the molecule is CC(NC(=O)CCN)c1nc(C2CCCCC2)no1. The van der Waals surface area contributed by atoms with E-state index in [1.165, 1.54) is 19.3 Å². The van der Waals surface area contributed by atoms with Gasteiger partial charge in [-0.05, 0) is 19.8 Å². The molecule has 0 aromatic carbocycles. The molecule has 1 aromatic rings. The van der Waals surface area contributed by atoms with Gasteiger partial charge in [-0.2, -0.15) is 4.98 Å². The van der Waals surface area contributed by atoms with Gasteiger partial charge in [-0.3, -0.25) is 4.79 Å². The molecule has 2 rings (SSSR count). The van der Waals surface area contributed by atoms with E-state index >= 15 is 0 Å². The van der Waals surface area contributed by atoms with Crippen LogP contribution in [0.4, 0.5) is 0 Å². The fraction of sp³-hybridized carbons (Fsp3) is 0.769. The van der Waals surface area contributed by atoms with Crippen LogP contribution >= 0.6 is 0 Å². The fourth-order valence-electron chi connectivity index (χ4n) is 2.46. The first-order valence-corrected chi connectivity index (χ1v) is 7.03. The Kier molecular flexibility index (Phi) is 4.90. The highest BCUT2D eigenvalue weighted by Gasteiger charge is 2.23. The number of carbonyl (C=O) groups excluding carboxylic acids is 1. The van der Waals surface area contributed by atoms with Gasteiger partial charge >= 0.3 is 0 Å². The molecule has 1 aliphatic carbocycles. The van der Waals surface area contributed by atoms with E-state index in [-0.39, 0.29) is 11.9 Å². The molecular weight excluding hydrogens is 244 g/mol. The summed E-state index contributed by atoms with van der Waals surface area (Å²) < 4.78 is 5.25. The van der Waals surface area contributed by atoms with Crippen LogP contribution in [0.5, 0.6) is 0 Å². The third-order valence-electron chi connectivity index (χ3n) is 3.55. The number of nitrogens with two attached hydrogens (primary N) is 1. The van der Waals surface area contributed by atoms with E-state index in [9.17, 15) is 4.79 Å². The van der Waals surface area contributed by atoms with Crippen molar-refractivity contribution in [3.8, 4) is 0 Å². The minimum atomic E-state index is -0.260. The van der Waals surface area contributed by atoms with Crippen LogP contribution < -0.4 is 11.1 Å². The number of hydrogen-bond donors (Lipinski definition) is 2. The first-order chi connectivity index (χ1) is 9.20. The molecule has 1 atom stereocenters. The molecule has 1 amide bonds. The Hall–Kier alpha value is -1.43. The van der Waals surface area contributed by atoms with Gasteiger partial charge in [0, 0.05) is 18.9 Å². The highest BCUT2D eigenvalue weighted by Crippen LogP contribution is 2.31. The Morgan fingerprint density at radius 1 is 1.47 bits per heavy atom. The smallest absolute Gasteiger partial charge is 0.248 e. The number of aromatic nitrogens is 2. The number of hydrogen-bond acceptors (Lipinski definition) is 5. The molecule has 1 heterocycles. The van der Waals surface area contributed by atoms with Crippen molar-refractivity contribution in [3.63, 3.8) is 0 Å². The predicted octanol–water partition coefficient (Wildman–Crippen LogP) is 1.64. The Labute approximate surface area is 113 Å². The molecule has 0 saturated heterocycles. The normalized spacial score (nSPS) is 18.2. The summed E-state index contributed by atoms with van der Waals surface area (Å²) >= 11 is 0. The van der Waals surface area contributed by atoms with Gasteiger partial charge < -0.3 is 15.6 Å². The van der Waals surface area contributed by atoms with Crippen molar-refractivity contribution in [3.05, 3.63) is 11.7 Å². The van der Waals surface area contributed by atoms with Crippen LogP contribution in [0.2, 0.25) is 0 Å².